The van der Waals surface area contributed by atoms with E-state index in [-0.39, 0.29) is 0 Å². The smallest absolute Gasteiger partial charge is 0.191 e. The molecule has 152 valence electrons. The highest BCUT2D eigenvalue weighted by atomic mass is 35.5. The van der Waals surface area contributed by atoms with E-state index in [1.807, 2.05) is 0 Å². The number of guanidine groups is 1. The van der Waals surface area contributed by atoms with E-state index < -0.39 is 0 Å². The second-order valence-electron chi connectivity index (χ2n) is 6.47. The summed E-state index contributed by atoms with van der Waals surface area (Å²) < 4.78 is 5.66. The molecule has 1 aliphatic rings. The van der Waals surface area contributed by atoms with Crippen molar-refractivity contribution in [2.45, 2.75) is 6.42 Å². The number of halogens is 3. The zero-order chi connectivity index (χ0) is 19.6. The lowest BCUT2D eigenvalue weighted by Gasteiger charge is -2.21. The predicted octanol–water partition coefficient (Wildman–Crippen LogP) is 2.83. The lowest BCUT2D eigenvalue weighted by Crippen LogP contribution is -2.43. The van der Waals surface area contributed by atoms with Crippen molar-refractivity contribution >= 4 is 40.8 Å². The van der Waals surface area contributed by atoms with Crippen molar-refractivity contribution < 1.29 is 4.74 Å². The fraction of sp³-hybridized carbons (Fsp3) is 0.611. The molecule has 0 spiro atoms. The molecule has 1 heterocycles. The third-order valence-corrected chi connectivity index (χ3v) is 5.14. The molecular formula is C18H28Cl3N5O. The lowest BCUT2D eigenvalue weighted by atomic mass is 10.3. The molecule has 6 nitrogen and oxygen atoms in total. The third kappa shape index (κ3) is 7.92. The van der Waals surface area contributed by atoms with Gasteiger partial charge in [0.25, 0.3) is 0 Å². The van der Waals surface area contributed by atoms with Crippen LogP contribution in [0.5, 0.6) is 5.75 Å². The first-order valence-electron chi connectivity index (χ1n) is 9.12. The molecule has 0 radical (unpaired) electrons. The van der Waals surface area contributed by atoms with Crippen LogP contribution in [0.1, 0.15) is 6.42 Å². The number of nitrogens with one attached hydrogen (secondary N) is 2. The fourth-order valence-corrected chi connectivity index (χ4v) is 3.79. The molecule has 2 N–H and O–H groups in total. The second kappa shape index (κ2) is 11.8. The van der Waals surface area contributed by atoms with E-state index in [1.54, 1.807) is 19.2 Å². The minimum atomic E-state index is 0.401. The standard InChI is InChI=1S/C18H28Cl3N5O/c1-22-18(23-4-8-26-7-3-6-25(2)9-10-26)24-5-11-27-17-15(20)12-14(19)13-16(17)21/h12-13H,3-11H2,1-2H3,(H2,22,23,24). The Morgan fingerprint density at radius 2 is 1.78 bits per heavy atom. The average Bonchev–Trinajstić information content (AvgIpc) is 2.83. The molecule has 27 heavy (non-hydrogen) atoms. The van der Waals surface area contributed by atoms with Crippen LogP contribution >= 0.6 is 34.8 Å². The van der Waals surface area contributed by atoms with Crippen molar-refractivity contribution in [1.29, 1.82) is 0 Å². The normalized spacial score (nSPS) is 16.9. The Labute approximate surface area is 176 Å². The molecule has 0 amide bonds. The van der Waals surface area contributed by atoms with Crippen LogP contribution in [0.2, 0.25) is 15.1 Å². The Morgan fingerprint density at radius 1 is 1.07 bits per heavy atom. The maximum atomic E-state index is 6.11. The van der Waals surface area contributed by atoms with Gasteiger partial charge in [0, 0.05) is 38.2 Å². The van der Waals surface area contributed by atoms with E-state index in [9.17, 15) is 0 Å². The molecule has 0 atom stereocenters. The first-order chi connectivity index (χ1) is 13.0. The Kier molecular flexibility index (Phi) is 9.79. The number of hydrogen-bond acceptors (Lipinski definition) is 4. The van der Waals surface area contributed by atoms with Gasteiger partial charge in [0.05, 0.1) is 16.6 Å². The summed E-state index contributed by atoms with van der Waals surface area (Å²) in [5, 5.41) is 7.84. The number of rotatable bonds is 7. The Morgan fingerprint density at radius 3 is 2.48 bits per heavy atom. The fourth-order valence-electron chi connectivity index (χ4n) is 2.87. The highest BCUT2D eigenvalue weighted by molar-refractivity contribution is 6.40. The minimum absolute atomic E-state index is 0.401. The monoisotopic (exact) mass is 435 g/mol. The summed E-state index contributed by atoms with van der Waals surface area (Å²) >= 11 is 18.1. The molecule has 2 rings (SSSR count). The molecule has 0 unspecified atom stereocenters. The molecule has 1 saturated heterocycles. The van der Waals surface area contributed by atoms with Crippen LogP contribution in [0.15, 0.2) is 17.1 Å². The maximum absolute atomic E-state index is 6.11. The summed E-state index contributed by atoms with van der Waals surface area (Å²) in [5.74, 6) is 1.19. The zero-order valence-electron chi connectivity index (χ0n) is 15.9. The minimum Gasteiger partial charge on any atom is -0.489 e. The van der Waals surface area contributed by atoms with Crippen LogP contribution in [-0.2, 0) is 0 Å². The van der Waals surface area contributed by atoms with E-state index in [0.717, 1.165) is 38.7 Å². The third-order valence-electron chi connectivity index (χ3n) is 4.36. The molecule has 9 heteroatoms. The maximum Gasteiger partial charge on any atom is 0.191 e. The summed E-state index contributed by atoms with van der Waals surface area (Å²) in [6.45, 7) is 7.38. The second-order valence-corrected chi connectivity index (χ2v) is 7.72. The van der Waals surface area contributed by atoms with Crippen molar-refractivity contribution in [2.75, 3.05) is 66.5 Å². The van der Waals surface area contributed by atoms with Gasteiger partial charge in [0.1, 0.15) is 6.61 Å². The number of aliphatic imine (C=N–C) groups is 1. The van der Waals surface area contributed by atoms with E-state index in [2.05, 4.69) is 32.5 Å². The molecule has 1 aromatic rings. The first-order valence-corrected chi connectivity index (χ1v) is 10.3. The number of hydrogen-bond donors (Lipinski definition) is 2. The van der Waals surface area contributed by atoms with Crippen molar-refractivity contribution in [3.63, 3.8) is 0 Å². The van der Waals surface area contributed by atoms with Gasteiger partial charge < -0.3 is 25.2 Å². The Bertz CT molecular complexity index is 606. The van der Waals surface area contributed by atoms with Crippen LogP contribution in [-0.4, -0.2) is 82.3 Å². The highest BCUT2D eigenvalue weighted by Crippen LogP contribution is 2.35. The van der Waals surface area contributed by atoms with Gasteiger partial charge in [-0.05, 0) is 38.7 Å². The Hall–Kier alpha value is -0.920. The number of likely N-dealkylation sites (N-methyl/N-ethyl adjacent to an activating group) is 1. The van der Waals surface area contributed by atoms with Gasteiger partial charge in [-0.15, -0.1) is 0 Å². The van der Waals surface area contributed by atoms with Crippen molar-refractivity contribution in [2.24, 2.45) is 4.99 Å². The molecule has 1 aliphatic heterocycles. The molecule has 0 aromatic heterocycles. The van der Waals surface area contributed by atoms with Gasteiger partial charge in [0.2, 0.25) is 0 Å². The van der Waals surface area contributed by atoms with Crippen LogP contribution in [0, 0.1) is 0 Å². The van der Waals surface area contributed by atoms with Crippen LogP contribution in [0.3, 0.4) is 0 Å². The number of ether oxygens (including phenoxy) is 1. The first kappa shape index (κ1) is 22.4. The van der Waals surface area contributed by atoms with E-state index in [4.69, 9.17) is 39.5 Å². The number of benzene rings is 1. The van der Waals surface area contributed by atoms with Gasteiger partial charge >= 0.3 is 0 Å². The van der Waals surface area contributed by atoms with Gasteiger partial charge in [-0.25, -0.2) is 0 Å². The SMILES string of the molecule is CN=C(NCCOc1c(Cl)cc(Cl)cc1Cl)NCCN1CCCN(C)CC1. The lowest BCUT2D eigenvalue weighted by molar-refractivity contribution is 0.279. The quantitative estimate of drug-likeness (QED) is 0.391. The molecule has 0 aliphatic carbocycles. The predicted molar refractivity (Wildman–Crippen MR) is 115 cm³/mol. The van der Waals surface area contributed by atoms with Crippen molar-refractivity contribution in [1.82, 2.24) is 20.4 Å². The Balaban J connectivity index is 1.66. The molecule has 0 saturated carbocycles. The highest BCUT2D eigenvalue weighted by Gasteiger charge is 2.12. The largest absolute Gasteiger partial charge is 0.489 e. The summed E-state index contributed by atoms with van der Waals surface area (Å²) in [5.41, 5.74) is 0. The molecule has 1 fully saturated rings. The molecule has 0 bridgehead atoms. The van der Waals surface area contributed by atoms with Gasteiger partial charge in [0.15, 0.2) is 11.7 Å². The molecule has 1 aromatic carbocycles. The number of nitrogens with zero attached hydrogens (tertiary/aromatic N) is 3. The van der Waals surface area contributed by atoms with Crippen molar-refractivity contribution in [3.05, 3.63) is 27.2 Å². The summed E-state index contributed by atoms with van der Waals surface area (Å²) in [6, 6.07) is 3.22. The van der Waals surface area contributed by atoms with E-state index >= 15 is 0 Å². The van der Waals surface area contributed by atoms with Gasteiger partial charge in [-0.3, -0.25) is 4.99 Å². The van der Waals surface area contributed by atoms with Crippen molar-refractivity contribution in [3.8, 4) is 5.75 Å². The van der Waals surface area contributed by atoms with Crippen LogP contribution < -0.4 is 15.4 Å². The van der Waals surface area contributed by atoms with Gasteiger partial charge in [-0.1, -0.05) is 34.8 Å². The van der Waals surface area contributed by atoms with E-state index in [1.165, 1.54) is 13.0 Å². The molecular weight excluding hydrogens is 409 g/mol. The van der Waals surface area contributed by atoms with Gasteiger partial charge in [-0.2, -0.15) is 0 Å². The topological polar surface area (TPSA) is 52.1 Å². The van der Waals surface area contributed by atoms with Crippen LogP contribution in [0.4, 0.5) is 0 Å². The zero-order valence-corrected chi connectivity index (χ0v) is 18.2. The van der Waals surface area contributed by atoms with Crippen LogP contribution in [0.25, 0.3) is 0 Å². The summed E-state index contributed by atoms with van der Waals surface area (Å²) in [7, 11) is 3.93. The average molecular weight is 437 g/mol. The van der Waals surface area contributed by atoms with E-state index in [0.29, 0.717) is 34.0 Å². The summed E-state index contributed by atoms with van der Waals surface area (Å²) in [4.78, 5) is 9.10. The summed E-state index contributed by atoms with van der Waals surface area (Å²) in [6.07, 6.45) is 1.22.